The van der Waals surface area contributed by atoms with E-state index in [4.69, 9.17) is 5.26 Å². The third-order valence-corrected chi connectivity index (χ3v) is 7.04. The molecule has 1 aromatic heterocycles. The smallest absolute Gasteiger partial charge is 0.336 e. The number of aromatic nitrogens is 1. The van der Waals surface area contributed by atoms with Crippen LogP contribution in [0.1, 0.15) is 51.8 Å². The molecule has 5 atom stereocenters. The Labute approximate surface area is 206 Å². The molecule has 1 saturated carbocycles. The molecule has 192 valence electrons. The number of hydrogen-bond donors (Lipinski definition) is 2. The maximum atomic E-state index is 13.5. The second kappa shape index (κ2) is 9.08. The lowest BCUT2D eigenvalue weighted by atomic mass is 9.85. The molecule has 2 unspecified atom stereocenters. The third-order valence-electron chi connectivity index (χ3n) is 7.04. The highest BCUT2D eigenvalue weighted by Crippen LogP contribution is 2.65. The first-order valence-corrected chi connectivity index (χ1v) is 11.3. The Bertz CT molecular complexity index is 1160. The average Bonchev–Trinajstić information content (AvgIpc) is 3.11. The maximum absolute atomic E-state index is 13.5. The van der Waals surface area contributed by atoms with E-state index in [-0.39, 0.29) is 34.9 Å². The SMILES string of the molecule is CC(C)(C)C(NC(=O)C(F)(F)F)C(=O)N1C[C@H]2[C@@H]([C@H]1C(=O)NC(C#N)c1cncc(C#N)c1)C2(C)C. The van der Waals surface area contributed by atoms with Gasteiger partial charge in [0.15, 0.2) is 0 Å². The lowest BCUT2D eigenvalue weighted by Crippen LogP contribution is -2.60. The normalized spacial score (nSPS) is 23.9. The van der Waals surface area contributed by atoms with Crippen molar-refractivity contribution in [2.24, 2.45) is 22.7 Å². The van der Waals surface area contributed by atoms with Gasteiger partial charge in [-0.25, -0.2) is 0 Å². The molecule has 0 spiro atoms. The summed E-state index contributed by atoms with van der Waals surface area (Å²) in [6.45, 7) is 8.54. The highest BCUT2D eigenvalue weighted by molar-refractivity contribution is 5.95. The second-order valence-electron chi connectivity index (χ2n) is 10.8. The Hall–Kier alpha value is -3.67. The minimum atomic E-state index is -5.18. The Balaban J connectivity index is 1.89. The van der Waals surface area contributed by atoms with Crippen molar-refractivity contribution in [2.75, 3.05) is 6.54 Å². The molecule has 1 aliphatic carbocycles. The molecule has 12 heteroatoms. The molecule has 1 aliphatic heterocycles. The molecule has 1 aromatic rings. The number of halogens is 3. The standard InChI is InChI=1S/C24H27F3N6O3/c1-22(2,3)18(32-21(36)24(25,26)27)20(35)33-11-14-16(23(14,4)5)17(33)19(34)31-15(8-29)13-6-12(7-28)9-30-10-13/h6,9-10,14-18H,11H2,1-5H3,(H,31,34)(H,32,36)/t14-,15?,16-,17-,18?/m0/s1. The quantitative estimate of drug-likeness (QED) is 0.630. The van der Waals surface area contributed by atoms with Crippen LogP contribution in [-0.4, -0.2) is 52.4 Å². The molecule has 2 N–H and O–H groups in total. The maximum Gasteiger partial charge on any atom is 0.471 e. The molecule has 1 saturated heterocycles. The minimum Gasteiger partial charge on any atom is -0.336 e. The van der Waals surface area contributed by atoms with Crippen molar-refractivity contribution >= 4 is 17.7 Å². The van der Waals surface area contributed by atoms with Gasteiger partial charge < -0.3 is 15.5 Å². The molecule has 9 nitrogen and oxygen atoms in total. The molecular weight excluding hydrogens is 477 g/mol. The van der Waals surface area contributed by atoms with Crippen LogP contribution in [0.2, 0.25) is 0 Å². The van der Waals surface area contributed by atoms with Gasteiger partial charge in [-0.3, -0.25) is 19.4 Å². The highest BCUT2D eigenvalue weighted by atomic mass is 19.4. The lowest BCUT2D eigenvalue weighted by Gasteiger charge is -2.37. The summed E-state index contributed by atoms with van der Waals surface area (Å²) in [5.74, 6) is -4.03. The van der Waals surface area contributed by atoms with Gasteiger partial charge >= 0.3 is 12.1 Å². The topological polar surface area (TPSA) is 139 Å². The zero-order valence-corrected chi connectivity index (χ0v) is 20.5. The zero-order chi connectivity index (χ0) is 27.2. The summed E-state index contributed by atoms with van der Waals surface area (Å²) in [5, 5.41) is 23.1. The fraction of sp³-hybridized carbons (Fsp3) is 0.583. The van der Waals surface area contributed by atoms with Gasteiger partial charge in [0.25, 0.3) is 0 Å². The van der Waals surface area contributed by atoms with Gasteiger partial charge in [0.1, 0.15) is 24.2 Å². The number of rotatable bonds is 5. The van der Waals surface area contributed by atoms with E-state index in [0.29, 0.717) is 0 Å². The van der Waals surface area contributed by atoms with Crippen LogP contribution in [0.4, 0.5) is 13.2 Å². The van der Waals surface area contributed by atoms with E-state index in [1.807, 2.05) is 26.0 Å². The molecule has 0 bridgehead atoms. The van der Waals surface area contributed by atoms with Crippen LogP contribution in [-0.2, 0) is 14.4 Å². The van der Waals surface area contributed by atoms with Crippen molar-refractivity contribution < 1.29 is 27.6 Å². The highest BCUT2D eigenvalue weighted by Gasteiger charge is 2.70. The van der Waals surface area contributed by atoms with Gasteiger partial charge in [-0.2, -0.15) is 23.7 Å². The summed E-state index contributed by atoms with van der Waals surface area (Å²) < 4.78 is 38.9. The molecule has 0 radical (unpaired) electrons. The summed E-state index contributed by atoms with van der Waals surface area (Å²) >= 11 is 0. The van der Waals surface area contributed by atoms with Crippen molar-refractivity contribution in [3.05, 3.63) is 29.6 Å². The summed E-state index contributed by atoms with van der Waals surface area (Å²) in [4.78, 5) is 43.7. The van der Waals surface area contributed by atoms with E-state index in [9.17, 15) is 32.8 Å². The number of hydrogen-bond acceptors (Lipinski definition) is 6. The monoisotopic (exact) mass is 504 g/mol. The van der Waals surface area contributed by atoms with Crippen LogP contribution >= 0.6 is 0 Å². The number of pyridine rings is 1. The van der Waals surface area contributed by atoms with Gasteiger partial charge in [0.2, 0.25) is 11.8 Å². The summed E-state index contributed by atoms with van der Waals surface area (Å²) in [7, 11) is 0. The van der Waals surface area contributed by atoms with E-state index in [1.54, 1.807) is 5.32 Å². The Kier molecular flexibility index (Phi) is 6.79. The summed E-state index contributed by atoms with van der Waals surface area (Å²) in [5.41, 5.74) is -0.913. The number of fused-ring (bicyclic) bond motifs is 1. The van der Waals surface area contributed by atoms with Crippen molar-refractivity contribution in [3.63, 3.8) is 0 Å². The van der Waals surface area contributed by atoms with Crippen LogP contribution in [0.3, 0.4) is 0 Å². The van der Waals surface area contributed by atoms with Crippen molar-refractivity contribution in [2.45, 2.75) is 58.9 Å². The predicted molar refractivity (Wildman–Crippen MR) is 119 cm³/mol. The van der Waals surface area contributed by atoms with Gasteiger partial charge in [-0.1, -0.05) is 34.6 Å². The molecule has 36 heavy (non-hydrogen) atoms. The van der Waals surface area contributed by atoms with Crippen LogP contribution in [0.5, 0.6) is 0 Å². The number of amides is 3. The first-order valence-electron chi connectivity index (χ1n) is 11.3. The first kappa shape index (κ1) is 26.9. The Morgan fingerprint density at radius 2 is 1.81 bits per heavy atom. The fourth-order valence-corrected chi connectivity index (χ4v) is 4.94. The van der Waals surface area contributed by atoms with Crippen molar-refractivity contribution in [1.82, 2.24) is 20.5 Å². The van der Waals surface area contributed by atoms with E-state index in [0.717, 1.165) is 0 Å². The fourth-order valence-electron chi connectivity index (χ4n) is 4.94. The second-order valence-corrected chi connectivity index (χ2v) is 10.8. The molecule has 0 aromatic carbocycles. The largest absolute Gasteiger partial charge is 0.471 e. The van der Waals surface area contributed by atoms with E-state index in [2.05, 4.69) is 10.3 Å². The molecule has 2 aliphatic rings. The average molecular weight is 505 g/mol. The lowest BCUT2D eigenvalue weighted by molar-refractivity contribution is -0.176. The number of nitrogens with one attached hydrogen (secondary N) is 2. The number of alkyl halides is 3. The number of carbonyl (C=O) groups is 3. The van der Waals surface area contributed by atoms with Gasteiger partial charge in [0.05, 0.1) is 11.6 Å². The zero-order valence-electron chi connectivity index (χ0n) is 20.5. The first-order chi connectivity index (χ1) is 16.5. The van der Waals surface area contributed by atoms with Crippen LogP contribution in [0.15, 0.2) is 18.5 Å². The Morgan fingerprint density at radius 3 is 2.33 bits per heavy atom. The van der Waals surface area contributed by atoms with E-state index >= 15 is 0 Å². The van der Waals surface area contributed by atoms with Crippen LogP contribution in [0, 0.1) is 45.3 Å². The van der Waals surface area contributed by atoms with E-state index in [1.165, 1.54) is 44.1 Å². The van der Waals surface area contributed by atoms with Gasteiger partial charge in [0, 0.05) is 24.5 Å². The molecule has 2 fully saturated rings. The van der Waals surface area contributed by atoms with Crippen molar-refractivity contribution in [1.29, 1.82) is 10.5 Å². The minimum absolute atomic E-state index is 0.0692. The van der Waals surface area contributed by atoms with Crippen molar-refractivity contribution in [3.8, 4) is 12.1 Å². The van der Waals surface area contributed by atoms with Gasteiger partial charge in [-0.15, -0.1) is 0 Å². The molecule has 3 rings (SSSR count). The molecule has 2 heterocycles. The molecular formula is C24H27F3N6O3. The van der Waals surface area contributed by atoms with Crippen LogP contribution < -0.4 is 10.6 Å². The summed E-state index contributed by atoms with van der Waals surface area (Å²) in [6, 6.07) is 1.50. The third kappa shape index (κ3) is 4.99. The summed E-state index contributed by atoms with van der Waals surface area (Å²) in [6.07, 6.45) is -2.54. The van der Waals surface area contributed by atoms with Gasteiger partial charge in [-0.05, 0) is 28.7 Å². The number of carbonyl (C=O) groups excluding carboxylic acids is 3. The Morgan fingerprint density at radius 1 is 1.17 bits per heavy atom. The van der Waals surface area contributed by atoms with E-state index < -0.39 is 47.4 Å². The van der Waals surface area contributed by atoms with Crippen LogP contribution in [0.25, 0.3) is 0 Å². The molecule has 3 amide bonds. The number of likely N-dealkylation sites (tertiary alicyclic amines) is 1. The number of piperidine rings is 1. The number of nitriles is 2. The predicted octanol–water partition coefficient (Wildman–Crippen LogP) is 2.21. The number of nitrogens with zero attached hydrogens (tertiary/aromatic N) is 4.